The van der Waals surface area contributed by atoms with E-state index in [0.717, 1.165) is 33.7 Å². The largest absolute Gasteiger partial charge is 0.294 e. The minimum atomic E-state index is -3.04. The summed E-state index contributed by atoms with van der Waals surface area (Å²) in [7, 11) is -3.04. The number of benzene rings is 9. The first-order valence-corrected chi connectivity index (χ1v) is 23.8. The number of para-hydroxylation sites is 3. The van der Waals surface area contributed by atoms with E-state index in [1.54, 1.807) is 0 Å². The maximum atomic E-state index is 5.55. The standard InChI is InChI=1S/C59H37N3Si/c1-2-19-39-38(18-1)43-23-6-13-30-54(43)63(55-31-14-7-24-44(39)55)56-32-15-8-25-45(56)47-36-49-42-22-5-12-29-52(42)62(53(49)37-48(47)46-26-9-16-33-57(46)63)59-35-17-34-58(60-59)61-50-27-10-3-20-40(50)41-21-4-11-28-51(41)61/h1-37H. The summed E-state index contributed by atoms with van der Waals surface area (Å²) in [6, 6.07) is 83.9. The molecule has 3 nitrogen and oxygen atoms in total. The Balaban J connectivity index is 1.09. The van der Waals surface area contributed by atoms with Crippen molar-refractivity contribution in [1.29, 1.82) is 0 Å². The van der Waals surface area contributed by atoms with E-state index in [4.69, 9.17) is 4.98 Å². The number of aromatic nitrogens is 3. The van der Waals surface area contributed by atoms with E-state index < -0.39 is 8.07 Å². The van der Waals surface area contributed by atoms with E-state index in [0.29, 0.717) is 0 Å². The molecule has 0 unspecified atom stereocenters. The first kappa shape index (κ1) is 34.6. The fraction of sp³-hybridized carbons (Fsp3) is 0. The highest BCUT2D eigenvalue weighted by molar-refractivity contribution is 7.22. The summed E-state index contributed by atoms with van der Waals surface area (Å²) in [6.45, 7) is 0. The molecule has 0 amide bonds. The normalized spacial score (nSPS) is 13.2. The molecule has 12 aromatic rings. The lowest BCUT2D eigenvalue weighted by molar-refractivity contribution is 1.01. The van der Waals surface area contributed by atoms with Crippen LogP contribution in [0.4, 0.5) is 0 Å². The molecule has 14 rings (SSSR count). The molecule has 0 saturated carbocycles. The highest BCUT2D eigenvalue weighted by Crippen LogP contribution is 2.44. The Morgan fingerprint density at radius 3 is 1.05 bits per heavy atom. The summed E-state index contributed by atoms with van der Waals surface area (Å²) in [4.78, 5) is 5.55. The van der Waals surface area contributed by atoms with Crippen molar-refractivity contribution in [2.24, 2.45) is 0 Å². The monoisotopic (exact) mass is 815 g/mol. The van der Waals surface area contributed by atoms with Crippen LogP contribution in [0.5, 0.6) is 0 Å². The van der Waals surface area contributed by atoms with E-state index in [1.165, 1.54) is 86.8 Å². The second-order valence-electron chi connectivity index (χ2n) is 17.0. The highest BCUT2D eigenvalue weighted by atomic mass is 28.3. The molecule has 63 heavy (non-hydrogen) atoms. The van der Waals surface area contributed by atoms with Gasteiger partial charge in [0.15, 0.2) is 8.07 Å². The fourth-order valence-corrected chi connectivity index (χ4v) is 17.2. The predicted octanol–water partition coefficient (Wildman–Crippen LogP) is 11.9. The number of fused-ring (bicyclic) bond motifs is 20. The predicted molar refractivity (Wildman–Crippen MR) is 265 cm³/mol. The van der Waals surface area contributed by atoms with E-state index in [2.05, 4.69) is 234 Å². The Labute approximate surface area is 365 Å². The van der Waals surface area contributed by atoms with E-state index in [9.17, 15) is 0 Å². The molecule has 4 heteroatoms. The van der Waals surface area contributed by atoms with Crippen molar-refractivity contribution < 1.29 is 0 Å². The number of nitrogens with zero attached hydrogens (tertiary/aromatic N) is 3. The van der Waals surface area contributed by atoms with Gasteiger partial charge in [-0.2, -0.15) is 0 Å². The summed E-state index contributed by atoms with van der Waals surface area (Å²) in [6.07, 6.45) is 0. The molecule has 2 aliphatic heterocycles. The summed E-state index contributed by atoms with van der Waals surface area (Å²) in [5.41, 5.74) is 14.9. The van der Waals surface area contributed by atoms with Crippen molar-refractivity contribution >= 4 is 72.4 Å². The van der Waals surface area contributed by atoms with Crippen LogP contribution in [0.25, 0.3) is 99.8 Å². The zero-order chi connectivity index (χ0) is 41.2. The lowest BCUT2D eigenvalue weighted by Gasteiger charge is -2.37. The third kappa shape index (κ3) is 4.60. The number of rotatable bonds is 2. The molecule has 2 aliphatic rings. The molecule has 0 N–H and O–H groups in total. The van der Waals surface area contributed by atoms with Crippen molar-refractivity contribution in [1.82, 2.24) is 14.1 Å². The minimum Gasteiger partial charge on any atom is -0.294 e. The maximum absolute atomic E-state index is 5.55. The molecule has 0 aliphatic carbocycles. The molecule has 0 fully saturated rings. The van der Waals surface area contributed by atoms with Crippen LogP contribution in [-0.4, -0.2) is 22.2 Å². The molecular weight excluding hydrogens is 779 g/mol. The molecule has 9 aromatic carbocycles. The second-order valence-corrected chi connectivity index (χ2v) is 20.6. The molecule has 1 spiro atoms. The van der Waals surface area contributed by atoms with Crippen molar-refractivity contribution in [3.63, 3.8) is 0 Å². The van der Waals surface area contributed by atoms with Gasteiger partial charge in [-0.05, 0) is 108 Å². The van der Waals surface area contributed by atoms with Crippen molar-refractivity contribution in [2.45, 2.75) is 0 Å². The van der Waals surface area contributed by atoms with Crippen molar-refractivity contribution in [2.75, 3.05) is 0 Å². The van der Waals surface area contributed by atoms with Gasteiger partial charge in [0.05, 0.1) is 22.1 Å². The Hall–Kier alpha value is -8.05. The van der Waals surface area contributed by atoms with Crippen LogP contribution >= 0.6 is 0 Å². The van der Waals surface area contributed by atoms with Gasteiger partial charge >= 0.3 is 0 Å². The van der Waals surface area contributed by atoms with Crippen LogP contribution in [0.15, 0.2) is 224 Å². The van der Waals surface area contributed by atoms with E-state index in [-0.39, 0.29) is 0 Å². The van der Waals surface area contributed by atoms with Gasteiger partial charge in [0.1, 0.15) is 11.6 Å². The van der Waals surface area contributed by atoms with Crippen molar-refractivity contribution in [3.8, 4) is 56.1 Å². The Morgan fingerprint density at radius 1 is 0.254 bits per heavy atom. The van der Waals surface area contributed by atoms with Gasteiger partial charge in [0, 0.05) is 21.5 Å². The molecular formula is C59H37N3Si. The van der Waals surface area contributed by atoms with Crippen molar-refractivity contribution in [3.05, 3.63) is 224 Å². The lowest BCUT2D eigenvalue weighted by atomic mass is 9.92. The van der Waals surface area contributed by atoms with Crippen LogP contribution in [-0.2, 0) is 0 Å². The topological polar surface area (TPSA) is 22.8 Å². The van der Waals surface area contributed by atoms with Gasteiger partial charge in [-0.1, -0.05) is 182 Å². The Morgan fingerprint density at radius 2 is 0.587 bits per heavy atom. The summed E-state index contributed by atoms with van der Waals surface area (Å²) in [5.74, 6) is 1.78. The molecule has 0 atom stereocenters. The average molecular weight is 816 g/mol. The number of pyridine rings is 1. The van der Waals surface area contributed by atoms with Crippen LogP contribution in [0.2, 0.25) is 0 Å². The first-order valence-electron chi connectivity index (χ1n) is 21.8. The van der Waals surface area contributed by atoms with Crippen LogP contribution in [0.3, 0.4) is 0 Å². The highest BCUT2D eigenvalue weighted by Gasteiger charge is 2.50. The van der Waals surface area contributed by atoms with Gasteiger partial charge < -0.3 is 0 Å². The van der Waals surface area contributed by atoms with Crippen LogP contribution < -0.4 is 20.7 Å². The fourth-order valence-electron chi connectivity index (χ4n) is 11.5. The van der Waals surface area contributed by atoms with Crippen LogP contribution in [0, 0.1) is 0 Å². The summed E-state index contributed by atoms with van der Waals surface area (Å²) >= 11 is 0. The maximum Gasteiger partial charge on any atom is 0.182 e. The molecule has 0 bridgehead atoms. The SMILES string of the molecule is c1cc(-n2c3ccccc3c3ccccc32)nc(-n2c3ccccc3c3cc4c(cc32)-c2ccccc2[Si]2(c3ccccc3-c3ccccc3-c3ccccc32)c2ccccc2-4)c1. The zero-order valence-electron chi connectivity index (χ0n) is 34.2. The summed E-state index contributed by atoms with van der Waals surface area (Å²) < 4.78 is 4.70. The molecule has 0 radical (unpaired) electrons. The third-order valence-corrected chi connectivity index (χ3v) is 19.0. The van der Waals surface area contributed by atoms with Gasteiger partial charge in [-0.3, -0.25) is 9.13 Å². The van der Waals surface area contributed by atoms with Gasteiger partial charge in [0.2, 0.25) is 0 Å². The van der Waals surface area contributed by atoms with E-state index >= 15 is 0 Å². The molecule has 0 saturated heterocycles. The van der Waals surface area contributed by atoms with Gasteiger partial charge in [-0.15, -0.1) is 0 Å². The number of hydrogen-bond acceptors (Lipinski definition) is 1. The molecule has 292 valence electrons. The van der Waals surface area contributed by atoms with E-state index in [1.807, 2.05) is 0 Å². The third-order valence-electron chi connectivity index (χ3n) is 14.0. The lowest BCUT2D eigenvalue weighted by Crippen LogP contribution is -2.75. The number of hydrogen-bond donors (Lipinski definition) is 0. The van der Waals surface area contributed by atoms with Gasteiger partial charge in [0.25, 0.3) is 0 Å². The zero-order valence-corrected chi connectivity index (χ0v) is 35.2. The Kier molecular flexibility index (Phi) is 7.14. The quantitative estimate of drug-likeness (QED) is 0.159. The van der Waals surface area contributed by atoms with Crippen LogP contribution in [0.1, 0.15) is 0 Å². The molecule has 5 heterocycles. The minimum absolute atomic E-state index is 0.887. The summed E-state index contributed by atoms with van der Waals surface area (Å²) in [5, 5.41) is 10.6. The second kappa shape index (κ2) is 13.0. The Bertz CT molecular complexity index is 3770. The molecule has 3 aromatic heterocycles. The van der Waals surface area contributed by atoms with Gasteiger partial charge in [-0.25, -0.2) is 4.98 Å². The first-order chi connectivity index (χ1) is 31.3. The average Bonchev–Trinajstić information content (AvgIpc) is 3.80. The smallest absolute Gasteiger partial charge is 0.182 e.